The number of imide groups is 1. The molecule has 31 heavy (non-hydrogen) atoms. The molecule has 3 amide bonds. The van der Waals surface area contributed by atoms with Crippen LogP contribution in [0, 0.1) is 6.92 Å². The zero-order valence-corrected chi connectivity index (χ0v) is 18.1. The molecule has 0 unspecified atom stereocenters. The van der Waals surface area contributed by atoms with E-state index in [0.717, 1.165) is 42.5 Å². The second kappa shape index (κ2) is 9.74. The van der Waals surface area contributed by atoms with Gasteiger partial charge in [-0.15, -0.1) is 10.2 Å². The van der Waals surface area contributed by atoms with Gasteiger partial charge in [-0.3, -0.25) is 19.7 Å². The van der Waals surface area contributed by atoms with E-state index >= 15 is 0 Å². The van der Waals surface area contributed by atoms with Gasteiger partial charge in [-0.2, -0.15) is 0 Å². The van der Waals surface area contributed by atoms with Crippen LogP contribution in [0.5, 0.6) is 0 Å². The molecule has 1 aliphatic rings. The number of nitrogens with zero attached hydrogens (tertiary/aromatic N) is 4. The number of urea groups is 1. The normalized spacial score (nSPS) is 13.8. The van der Waals surface area contributed by atoms with Crippen molar-refractivity contribution in [1.29, 1.82) is 0 Å². The van der Waals surface area contributed by atoms with Crippen molar-refractivity contribution in [2.45, 2.75) is 43.8 Å². The largest absolute Gasteiger partial charge is 0.335 e. The maximum Gasteiger partial charge on any atom is 0.321 e. The van der Waals surface area contributed by atoms with E-state index in [1.165, 1.54) is 11.8 Å². The number of para-hydroxylation sites is 1. The molecule has 0 spiro atoms. The number of nitrogens with one attached hydrogen (secondary N) is 2. The predicted molar refractivity (Wildman–Crippen MR) is 119 cm³/mol. The van der Waals surface area contributed by atoms with E-state index in [0.29, 0.717) is 11.0 Å². The molecule has 160 valence electrons. The van der Waals surface area contributed by atoms with Gasteiger partial charge in [0.1, 0.15) is 0 Å². The summed E-state index contributed by atoms with van der Waals surface area (Å²) in [5, 5.41) is 14.5. The summed E-state index contributed by atoms with van der Waals surface area (Å²) in [4.78, 5) is 28.6. The number of hydrogen-bond acceptors (Lipinski definition) is 6. The summed E-state index contributed by atoms with van der Waals surface area (Å²) in [6.45, 7) is 2.01. The quantitative estimate of drug-likeness (QED) is 0.574. The van der Waals surface area contributed by atoms with Gasteiger partial charge in [0.25, 0.3) is 0 Å². The van der Waals surface area contributed by atoms with E-state index in [1.54, 1.807) is 12.4 Å². The Balaban J connectivity index is 1.50. The monoisotopic (exact) mass is 436 g/mol. The van der Waals surface area contributed by atoms with Gasteiger partial charge in [0.2, 0.25) is 5.91 Å². The molecule has 1 fully saturated rings. The van der Waals surface area contributed by atoms with E-state index in [2.05, 4.69) is 25.8 Å². The van der Waals surface area contributed by atoms with Crippen molar-refractivity contribution in [1.82, 2.24) is 30.4 Å². The maximum atomic E-state index is 12.3. The highest BCUT2D eigenvalue weighted by Crippen LogP contribution is 2.29. The van der Waals surface area contributed by atoms with Crippen molar-refractivity contribution in [2.75, 3.05) is 5.75 Å². The zero-order chi connectivity index (χ0) is 21.6. The van der Waals surface area contributed by atoms with Crippen LogP contribution < -0.4 is 10.6 Å². The first-order valence-electron chi connectivity index (χ1n) is 10.3. The summed E-state index contributed by atoms with van der Waals surface area (Å²) in [5.74, 6) is 0.321. The molecule has 8 nitrogen and oxygen atoms in total. The Hall–Kier alpha value is -3.20. The Labute approximate surface area is 184 Å². The molecule has 0 atom stereocenters. The van der Waals surface area contributed by atoms with Crippen molar-refractivity contribution >= 4 is 23.7 Å². The standard InChI is InChI=1S/C22H24N6O2S/c1-15-7-2-5-11-18(15)28-20(16-8-6-12-23-13-16)26-27-22(28)31-14-19(29)25-21(30)24-17-9-3-4-10-17/h2,5-8,11-13,17H,3-4,9-10,14H2,1H3,(H2,24,25,29,30). The molecule has 2 heterocycles. The summed E-state index contributed by atoms with van der Waals surface area (Å²) in [6, 6.07) is 11.4. The van der Waals surface area contributed by atoms with Crippen molar-refractivity contribution < 1.29 is 9.59 Å². The van der Waals surface area contributed by atoms with Crippen LogP contribution in [0.2, 0.25) is 0 Å². The summed E-state index contributed by atoms with van der Waals surface area (Å²) in [5.41, 5.74) is 2.80. The van der Waals surface area contributed by atoms with Crippen LogP contribution in [0.25, 0.3) is 17.1 Å². The zero-order valence-electron chi connectivity index (χ0n) is 17.2. The van der Waals surface area contributed by atoms with Crippen LogP contribution in [0.4, 0.5) is 4.79 Å². The number of hydrogen-bond donors (Lipinski definition) is 2. The van der Waals surface area contributed by atoms with Gasteiger partial charge < -0.3 is 5.32 Å². The Morgan fingerprint density at radius 1 is 1.13 bits per heavy atom. The SMILES string of the molecule is Cc1ccccc1-n1c(SCC(=O)NC(=O)NC2CCCC2)nnc1-c1cccnc1. The smallest absolute Gasteiger partial charge is 0.321 e. The van der Waals surface area contributed by atoms with E-state index in [1.807, 2.05) is 47.9 Å². The van der Waals surface area contributed by atoms with E-state index in [-0.39, 0.29) is 17.7 Å². The number of rotatable bonds is 6. The minimum Gasteiger partial charge on any atom is -0.335 e. The third-order valence-corrected chi connectivity index (χ3v) is 6.11. The third-order valence-electron chi connectivity index (χ3n) is 5.19. The van der Waals surface area contributed by atoms with Crippen LogP contribution in [-0.2, 0) is 4.79 Å². The third kappa shape index (κ3) is 5.11. The fourth-order valence-corrected chi connectivity index (χ4v) is 4.41. The number of carbonyl (C=O) groups excluding carboxylic acids is 2. The first kappa shape index (κ1) is 21.0. The number of amides is 3. The Morgan fingerprint density at radius 3 is 2.68 bits per heavy atom. The highest BCUT2D eigenvalue weighted by atomic mass is 32.2. The van der Waals surface area contributed by atoms with E-state index < -0.39 is 6.03 Å². The van der Waals surface area contributed by atoms with Crippen molar-refractivity contribution in [3.63, 3.8) is 0 Å². The van der Waals surface area contributed by atoms with Crippen LogP contribution in [0.1, 0.15) is 31.2 Å². The van der Waals surface area contributed by atoms with Crippen LogP contribution in [0.3, 0.4) is 0 Å². The Kier molecular flexibility index (Phi) is 6.61. The number of thioether (sulfide) groups is 1. The highest BCUT2D eigenvalue weighted by Gasteiger charge is 2.20. The van der Waals surface area contributed by atoms with Crippen LogP contribution >= 0.6 is 11.8 Å². The molecule has 1 aromatic carbocycles. The van der Waals surface area contributed by atoms with Gasteiger partial charge in [0, 0.05) is 24.0 Å². The predicted octanol–water partition coefficient (Wildman–Crippen LogP) is 3.50. The highest BCUT2D eigenvalue weighted by molar-refractivity contribution is 7.99. The molecule has 2 aromatic heterocycles. The first-order valence-corrected chi connectivity index (χ1v) is 11.3. The summed E-state index contributed by atoms with van der Waals surface area (Å²) in [7, 11) is 0. The van der Waals surface area contributed by atoms with Gasteiger partial charge in [0.05, 0.1) is 11.4 Å². The van der Waals surface area contributed by atoms with Gasteiger partial charge in [-0.25, -0.2) is 4.79 Å². The van der Waals surface area contributed by atoms with Crippen LogP contribution in [-0.4, -0.2) is 43.5 Å². The molecule has 3 aromatic rings. The van der Waals surface area contributed by atoms with E-state index in [9.17, 15) is 9.59 Å². The average molecular weight is 437 g/mol. The molecule has 1 saturated carbocycles. The fraction of sp³-hybridized carbons (Fsp3) is 0.318. The second-order valence-corrected chi connectivity index (χ2v) is 8.40. The number of aromatic nitrogens is 4. The molecule has 0 aliphatic heterocycles. The number of benzene rings is 1. The maximum absolute atomic E-state index is 12.3. The van der Waals surface area contributed by atoms with E-state index in [4.69, 9.17) is 0 Å². The van der Waals surface area contributed by atoms with Gasteiger partial charge >= 0.3 is 6.03 Å². The van der Waals surface area contributed by atoms with Crippen molar-refractivity contribution in [3.8, 4) is 17.1 Å². The number of carbonyl (C=O) groups is 2. The minimum atomic E-state index is -0.436. The molecule has 0 bridgehead atoms. The molecular weight excluding hydrogens is 412 g/mol. The molecular formula is C22H24N6O2S. The lowest BCUT2D eigenvalue weighted by molar-refractivity contribution is -0.117. The average Bonchev–Trinajstić information content (AvgIpc) is 3.43. The molecule has 4 rings (SSSR count). The molecule has 0 radical (unpaired) electrons. The first-order chi connectivity index (χ1) is 15.1. The minimum absolute atomic E-state index is 0.0507. The topological polar surface area (TPSA) is 102 Å². The lowest BCUT2D eigenvalue weighted by Crippen LogP contribution is -2.44. The van der Waals surface area contributed by atoms with Gasteiger partial charge in [0.15, 0.2) is 11.0 Å². The van der Waals surface area contributed by atoms with Gasteiger partial charge in [-0.05, 0) is 43.5 Å². The number of pyridine rings is 1. The number of aryl methyl sites for hydroxylation is 1. The second-order valence-electron chi connectivity index (χ2n) is 7.46. The summed E-state index contributed by atoms with van der Waals surface area (Å²) in [6.07, 6.45) is 7.59. The van der Waals surface area contributed by atoms with Crippen LogP contribution in [0.15, 0.2) is 53.9 Å². The molecule has 2 N–H and O–H groups in total. The molecule has 1 aliphatic carbocycles. The van der Waals surface area contributed by atoms with Gasteiger partial charge in [-0.1, -0.05) is 42.8 Å². The molecule has 0 saturated heterocycles. The summed E-state index contributed by atoms with van der Waals surface area (Å²) >= 11 is 1.24. The fourth-order valence-electron chi connectivity index (χ4n) is 3.66. The Bertz CT molecular complexity index is 1060. The lowest BCUT2D eigenvalue weighted by Gasteiger charge is -2.13. The Morgan fingerprint density at radius 2 is 1.94 bits per heavy atom. The molecule has 9 heteroatoms. The summed E-state index contributed by atoms with van der Waals surface area (Å²) < 4.78 is 1.92. The van der Waals surface area contributed by atoms with Crippen molar-refractivity contribution in [3.05, 3.63) is 54.4 Å². The lowest BCUT2D eigenvalue weighted by atomic mass is 10.2. The van der Waals surface area contributed by atoms with Crippen molar-refractivity contribution in [2.24, 2.45) is 0 Å².